The van der Waals surface area contributed by atoms with Crippen molar-refractivity contribution in [3.63, 3.8) is 0 Å². The predicted molar refractivity (Wildman–Crippen MR) is 92.9 cm³/mol. The molecule has 140 valence electrons. The van der Waals surface area contributed by atoms with Crippen LogP contribution in [0.3, 0.4) is 0 Å². The van der Waals surface area contributed by atoms with Gasteiger partial charge < -0.3 is 4.90 Å². The van der Waals surface area contributed by atoms with E-state index in [1.54, 1.807) is 0 Å². The zero-order valence-electron chi connectivity index (χ0n) is 14.6. The maximum atomic E-state index is 12.7. The van der Waals surface area contributed by atoms with E-state index in [9.17, 15) is 18.0 Å². The number of nitrogens with zero attached hydrogens (tertiary/aromatic N) is 3. The molecule has 9 heteroatoms. The summed E-state index contributed by atoms with van der Waals surface area (Å²) in [4.78, 5) is 27.5. The van der Waals surface area contributed by atoms with E-state index in [4.69, 9.17) is 11.7 Å². The summed E-state index contributed by atoms with van der Waals surface area (Å²) in [5, 5.41) is 8.24. The summed E-state index contributed by atoms with van der Waals surface area (Å²) >= 11 is 0. The van der Waals surface area contributed by atoms with Crippen LogP contribution in [0, 0.1) is 29.6 Å². The van der Waals surface area contributed by atoms with E-state index in [1.165, 1.54) is 4.90 Å². The third kappa shape index (κ3) is 3.29. The van der Waals surface area contributed by atoms with Gasteiger partial charge in [-0.2, -0.15) is 5.26 Å². The highest BCUT2D eigenvalue weighted by Gasteiger charge is 2.51. The molecule has 2 aliphatic carbocycles. The number of amides is 3. The number of hydrogen-bond donors (Lipinski definition) is 1. The van der Waals surface area contributed by atoms with Crippen molar-refractivity contribution < 1.29 is 18.0 Å². The highest BCUT2D eigenvalue weighted by molar-refractivity contribution is 7.90. The molecule has 0 bridgehead atoms. The van der Waals surface area contributed by atoms with Gasteiger partial charge in [0.2, 0.25) is 15.9 Å². The molecule has 26 heavy (non-hydrogen) atoms. The molecular formula is C17H22N4O4S. The minimum Gasteiger partial charge on any atom is -0.309 e. The van der Waals surface area contributed by atoms with E-state index in [0.717, 1.165) is 17.7 Å². The van der Waals surface area contributed by atoms with Gasteiger partial charge in [-0.25, -0.2) is 22.8 Å². The summed E-state index contributed by atoms with van der Waals surface area (Å²) in [5.41, 5.74) is -0.370. The van der Waals surface area contributed by atoms with E-state index < -0.39 is 39.2 Å². The lowest BCUT2D eigenvalue weighted by molar-refractivity contribution is -0.139. The van der Waals surface area contributed by atoms with Crippen LogP contribution in [-0.4, -0.2) is 60.1 Å². The quantitative estimate of drug-likeness (QED) is 0.550. The van der Waals surface area contributed by atoms with Crippen molar-refractivity contribution in [1.29, 1.82) is 5.26 Å². The second kappa shape index (κ2) is 6.57. The van der Waals surface area contributed by atoms with Gasteiger partial charge in [0, 0.05) is 11.6 Å². The predicted octanol–water partition coefficient (Wildman–Crippen LogP) is 0.417. The molecule has 3 atom stereocenters. The normalized spacial score (nSPS) is 30.3. The highest BCUT2D eigenvalue weighted by atomic mass is 32.2. The van der Waals surface area contributed by atoms with Crippen molar-refractivity contribution in [2.24, 2.45) is 5.92 Å². The van der Waals surface area contributed by atoms with Crippen LogP contribution in [-0.2, 0) is 14.8 Å². The molecule has 8 nitrogen and oxygen atoms in total. The third-order valence-corrected chi connectivity index (χ3v) is 7.63. The lowest BCUT2D eigenvalue weighted by atomic mass is 9.81. The van der Waals surface area contributed by atoms with Crippen LogP contribution in [0.15, 0.2) is 0 Å². The standard InChI is InChI=1S/C17H22N4O4S/c1-3-9-20-14-5-4-12(26(24,25)19-17(2)6-7-17)11-13(14)15(22)21(10-8-18)16(20)23/h1,12-14,19H,4-7,9-11H2,2H3. The molecule has 3 amide bonds. The smallest absolute Gasteiger partial charge is 0.309 e. The van der Waals surface area contributed by atoms with Crippen LogP contribution in [0.25, 0.3) is 0 Å². The minimum absolute atomic E-state index is 0.0307. The Morgan fingerprint density at radius 3 is 2.58 bits per heavy atom. The maximum absolute atomic E-state index is 12.7. The van der Waals surface area contributed by atoms with Crippen LogP contribution < -0.4 is 4.72 Å². The number of terminal acetylenes is 1. The Morgan fingerprint density at radius 2 is 2.00 bits per heavy atom. The Hall–Kier alpha value is -2.10. The first-order chi connectivity index (χ1) is 12.2. The Kier molecular flexibility index (Phi) is 4.72. The molecule has 0 aromatic heterocycles. The average molecular weight is 378 g/mol. The summed E-state index contributed by atoms with van der Waals surface area (Å²) in [6.45, 7) is 1.53. The number of sulfonamides is 1. The monoisotopic (exact) mass is 378 g/mol. The molecule has 3 aliphatic rings. The summed E-state index contributed by atoms with van der Waals surface area (Å²) in [6.07, 6.45) is 7.86. The van der Waals surface area contributed by atoms with E-state index in [1.807, 2.05) is 13.0 Å². The van der Waals surface area contributed by atoms with Gasteiger partial charge in [-0.05, 0) is 39.0 Å². The number of carbonyl (C=O) groups excluding carboxylic acids is 2. The van der Waals surface area contributed by atoms with Crippen molar-refractivity contribution in [1.82, 2.24) is 14.5 Å². The summed E-state index contributed by atoms with van der Waals surface area (Å²) in [6, 6.07) is 0.831. The minimum atomic E-state index is -3.56. The lowest BCUT2D eigenvalue weighted by Gasteiger charge is -2.47. The average Bonchev–Trinajstić information content (AvgIpc) is 3.31. The fourth-order valence-electron chi connectivity index (χ4n) is 3.84. The number of imide groups is 1. The van der Waals surface area contributed by atoms with Gasteiger partial charge in [0.25, 0.3) is 0 Å². The number of fused-ring (bicyclic) bond motifs is 1. The molecule has 1 aliphatic heterocycles. The topological polar surface area (TPSA) is 111 Å². The largest absolute Gasteiger partial charge is 0.328 e. The molecule has 3 rings (SSSR count). The maximum Gasteiger partial charge on any atom is 0.328 e. The van der Waals surface area contributed by atoms with Crippen LogP contribution >= 0.6 is 0 Å². The fraction of sp³-hybridized carbons (Fsp3) is 0.706. The second-order valence-electron chi connectivity index (χ2n) is 7.51. The Balaban J connectivity index is 1.83. The van der Waals surface area contributed by atoms with Crippen LogP contribution in [0.5, 0.6) is 0 Å². The Morgan fingerprint density at radius 1 is 1.31 bits per heavy atom. The fourth-order valence-corrected chi connectivity index (χ4v) is 5.81. The van der Waals surface area contributed by atoms with Crippen molar-refractivity contribution >= 4 is 22.0 Å². The van der Waals surface area contributed by atoms with Gasteiger partial charge in [0.05, 0.1) is 23.8 Å². The van der Waals surface area contributed by atoms with Gasteiger partial charge in [-0.1, -0.05) is 5.92 Å². The van der Waals surface area contributed by atoms with Gasteiger partial charge in [0.15, 0.2) is 0 Å². The van der Waals surface area contributed by atoms with Crippen LogP contribution in [0.1, 0.15) is 39.0 Å². The number of hydrogen-bond acceptors (Lipinski definition) is 5. The number of nitrogens with one attached hydrogen (secondary N) is 1. The molecular weight excluding hydrogens is 356 g/mol. The third-order valence-electron chi connectivity index (χ3n) is 5.54. The summed E-state index contributed by atoms with van der Waals surface area (Å²) in [7, 11) is -3.56. The van der Waals surface area contributed by atoms with Crippen molar-refractivity contribution in [2.45, 2.75) is 55.9 Å². The molecule has 0 aromatic rings. The Bertz CT molecular complexity index is 806. The zero-order chi connectivity index (χ0) is 19.1. The number of urea groups is 1. The second-order valence-corrected chi connectivity index (χ2v) is 9.47. The molecule has 3 fully saturated rings. The van der Waals surface area contributed by atoms with Gasteiger partial charge in [-0.15, -0.1) is 6.42 Å². The molecule has 2 saturated carbocycles. The van der Waals surface area contributed by atoms with E-state index in [2.05, 4.69) is 10.6 Å². The first-order valence-electron chi connectivity index (χ1n) is 8.67. The van der Waals surface area contributed by atoms with E-state index >= 15 is 0 Å². The van der Waals surface area contributed by atoms with Gasteiger partial charge in [-0.3, -0.25) is 4.79 Å². The molecule has 0 spiro atoms. The first-order valence-corrected chi connectivity index (χ1v) is 10.2. The van der Waals surface area contributed by atoms with Crippen LogP contribution in [0.2, 0.25) is 0 Å². The van der Waals surface area contributed by atoms with Gasteiger partial charge >= 0.3 is 6.03 Å². The SMILES string of the molecule is C#CCN1C(=O)N(CC#N)C(=O)C2CC(S(=O)(=O)NC3(C)CC3)CCC21. The van der Waals surface area contributed by atoms with Crippen molar-refractivity contribution in [2.75, 3.05) is 13.1 Å². The van der Waals surface area contributed by atoms with Crippen LogP contribution in [0.4, 0.5) is 4.79 Å². The number of rotatable bonds is 5. The van der Waals surface area contributed by atoms with E-state index in [0.29, 0.717) is 12.8 Å². The van der Waals surface area contributed by atoms with Crippen molar-refractivity contribution in [3.05, 3.63) is 0 Å². The highest BCUT2D eigenvalue weighted by Crippen LogP contribution is 2.39. The number of carbonyl (C=O) groups is 2. The van der Waals surface area contributed by atoms with E-state index in [-0.39, 0.29) is 25.0 Å². The van der Waals surface area contributed by atoms with Gasteiger partial charge in [0.1, 0.15) is 6.54 Å². The lowest BCUT2D eigenvalue weighted by Crippen LogP contribution is -2.64. The van der Waals surface area contributed by atoms with Crippen molar-refractivity contribution in [3.8, 4) is 18.4 Å². The molecule has 1 heterocycles. The zero-order valence-corrected chi connectivity index (χ0v) is 15.5. The molecule has 0 aromatic carbocycles. The molecule has 3 unspecified atom stereocenters. The molecule has 1 saturated heterocycles. The summed E-state index contributed by atoms with van der Waals surface area (Å²) < 4.78 is 28.2. The summed E-state index contributed by atoms with van der Waals surface area (Å²) in [5.74, 6) is 1.28. The molecule has 1 N–H and O–H groups in total. The number of nitriles is 1. The molecule has 0 radical (unpaired) electrons. The first kappa shape index (κ1) is 18.7. The Labute approximate surface area is 153 Å².